The molecular weight excluding hydrogens is 446 g/mol. The van der Waals surface area contributed by atoms with Gasteiger partial charge < -0.3 is 29.1 Å². The Kier molecular flexibility index (Phi) is 7.72. The van der Waals surface area contributed by atoms with E-state index in [2.05, 4.69) is 24.9 Å². The molecule has 2 aromatic rings. The summed E-state index contributed by atoms with van der Waals surface area (Å²) >= 11 is 0. The topological polar surface area (TPSA) is 74.7 Å². The van der Waals surface area contributed by atoms with Crippen molar-refractivity contribution < 1.29 is 24.1 Å². The van der Waals surface area contributed by atoms with Crippen LogP contribution in [0.4, 0.5) is 5.69 Å². The molecule has 0 bridgehead atoms. The minimum Gasteiger partial charge on any atom is -0.488 e. The standard InChI is InChI=1S/C27H37N3O5/c1-18-13-30(19(2)16-31)27(32)12-21-11-22(28(3)4)7-9-23(21)35-26(18)15-29(5)14-20-6-8-24-25(10-20)34-17-33-24/h6-11,18-19,26,31H,12-17H2,1-5H3/t18-,19+,26-/m0/s1. The first-order valence-corrected chi connectivity index (χ1v) is 12.2. The van der Waals surface area contributed by atoms with E-state index in [0.29, 0.717) is 13.1 Å². The van der Waals surface area contributed by atoms with Crippen LogP contribution in [0.3, 0.4) is 0 Å². The number of benzene rings is 2. The third kappa shape index (κ3) is 5.82. The molecule has 1 N–H and O–H groups in total. The summed E-state index contributed by atoms with van der Waals surface area (Å²) in [6.45, 7) is 6.13. The molecule has 0 fully saturated rings. The molecule has 2 aliphatic heterocycles. The van der Waals surface area contributed by atoms with Crippen molar-refractivity contribution >= 4 is 11.6 Å². The highest BCUT2D eigenvalue weighted by molar-refractivity contribution is 5.80. The third-order valence-corrected chi connectivity index (χ3v) is 6.80. The van der Waals surface area contributed by atoms with E-state index in [1.54, 1.807) is 4.90 Å². The van der Waals surface area contributed by atoms with Gasteiger partial charge in [0.15, 0.2) is 11.5 Å². The fourth-order valence-electron chi connectivity index (χ4n) is 4.63. The second-order valence-electron chi connectivity index (χ2n) is 9.96. The molecule has 2 aromatic carbocycles. The molecule has 0 aromatic heterocycles. The zero-order valence-corrected chi connectivity index (χ0v) is 21.4. The summed E-state index contributed by atoms with van der Waals surface area (Å²) in [7, 11) is 6.04. The summed E-state index contributed by atoms with van der Waals surface area (Å²) < 4.78 is 17.6. The summed E-state index contributed by atoms with van der Waals surface area (Å²) in [6.07, 6.45) is 0.102. The van der Waals surface area contributed by atoms with Crippen LogP contribution in [0.15, 0.2) is 36.4 Å². The van der Waals surface area contributed by atoms with Crippen molar-refractivity contribution in [2.45, 2.75) is 39.0 Å². The molecule has 190 valence electrons. The predicted octanol–water partition coefficient (Wildman–Crippen LogP) is 2.76. The summed E-state index contributed by atoms with van der Waals surface area (Å²) in [4.78, 5) is 19.3. The van der Waals surface area contributed by atoms with Crippen molar-refractivity contribution in [2.24, 2.45) is 5.92 Å². The molecule has 1 amide bonds. The summed E-state index contributed by atoms with van der Waals surface area (Å²) in [6, 6.07) is 11.8. The zero-order valence-electron chi connectivity index (χ0n) is 21.4. The van der Waals surface area contributed by atoms with E-state index in [4.69, 9.17) is 14.2 Å². The van der Waals surface area contributed by atoms with Crippen LogP contribution in [0.25, 0.3) is 0 Å². The van der Waals surface area contributed by atoms with Gasteiger partial charge in [-0.25, -0.2) is 0 Å². The SMILES string of the molecule is C[C@H](CO)N1C[C@H](C)[C@H](CN(C)Cc2ccc3c(c2)OCO3)Oc2ccc(N(C)C)cc2CC1=O. The predicted molar refractivity (Wildman–Crippen MR) is 135 cm³/mol. The first-order valence-electron chi connectivity index (χ1n) is 12.2. The Morgan fingerprint density at radius 1 is 1.09 bits per heavy atom. The number of fused-ring (bicyclic) bond motifs is 2. The minimum absolute atomic E-state index is 0.00789. The average molecular weight is 484 g/mol. The first-order chi connectivity index (χ1) is 16.7. The second-order valence-corrected chi connectivity index (χ2v) is 9.96. The third-order valence-electron chi connectivity index (χ3n) is 6.80. The normalized spacial score (nSPS) is 20.5. The highest BCUT2D eigenvalue weighted by Crippen LogP contribution is 2.33. The van der Waals surface area contributed by atoms with Crippen LogP contribution in [0.2, 0.25) is 0 Å². The van der Waals surface area contributed by atoms with Gasteiger partial charge in [0.25, 0.3) is 0 Å². The van der Waals surface area contributed by atoms with Crippen molar-refractivity contribution in [3.63, 3.8) is 0 Å². The molecule has 8 heteroatoms. The zero-order chi connectivity index (χ0) is 25.1. The Morgan fingerprint density at radius 2 is 1.83 bits per heavy atom. The van der Waals surface area contributed by atoms with E-state index in [9.17, 15) is 9.90 Å². The molecular formula is C27H37N3O5. The maximum Gasteiger partial charge on any atom is 0.231 e. The van der Waals surface area contributed by atoms with E-state index >= 15 is 0 Å². The smallest absolute Gasteiger partial charge is 0.231 e. The molecule has 0 spiro atoms. The molecule has 0 aliphatic carbocycles. The van der Waals surface area contributed by atoms with Gasteiger partial charge in [-0.1, -0.05) is 13.0 Å². The van der Waals surface area contributed by atoms with Crippen molar-refractivity contribution in [1.29, 1.82) is 0 Å². The summed E-state index contributed by atoms with van der Waals surface area (Å²) in [5, 5.41) is 9.82. The van der Waals surface area contributed by atoms with E-state index in [0.717, 1.165) is 40.6 Å². The Labute approximate surface area is 208 Å². The number of aliphatic hydroxyl groups is 1. The number of likely N-dealkylation sites (N-methyl/N-ethyl adjacent to an activating group) is 1. The quantitative estimate of drug-likeness (QED) is 0.649. The van der Waals surface area contributed by atoms with Crippen molar-refractivity contribution in [2.75, 3.05) is 52.5 Å². The lowest BCUT2D eigenvalue weighted by Gasteiger charge is -2.34. The van der Waals surface area contributed by atoms with Gasteiger partial charge in [0, 0.05) is 50.9 Å². The number of nitrogens with zero attached hydrogens (tertiary/aromatic N) is 3. The minimum atomic E-state index is -0.254. The Morgan fingerprint density at radius 3 is 2.57 bits per heavy atom. The molecule has 0 saturated heterocycles. The van der Waals surface area contributed by atoms with E-state index < -0.39 is 0 Å². The van der Waals surface area contributed by atoms with Crippen molar-refractivity contribution in [3.05, 3.63) is 47.5 Å². The lowest BCUT2D eigenvalue weighted by molar-refractivity contribution is -0.134. The van der Waals surface area contributed by atoms with Gasteiger partial charge in [-0.3, -0.25) is 9.69 Å². The average Bonchev–Trinajstić information content (AvgIpc) is 3.30. The second kappa shape index (κ2) is 10.7. The number of amides is 1. The van der Waals surface area contributed by atoms with Gasteiger partial charge in [-0.2, -0.15) is 0 Å². The molecule has 2 aliphatic rings. The maximum absolute atomic E-state index is 13.3. The highest BCUT2D eigenvalue weighted by atomic mass is 16.7. The fourth-order valence-corrected chi connectivity index (χ4v) is 4.63. The first kappa shape index (κ1) is 25.1. The van der Waals surface area contributed by atoms with Gasteiger partial charge >= 0.3 is 0 Å². The molecule has 3 atom stereocenters. The summed E-state index contributed by atoms with van der Waals surface area (Å²) in [5.74, 6) is 2.37. The Bertz CT molecular complexity index is 1040. The van der Waals surface area contributed by atoms with E-state index in [1.165, 1.54) is 0 Å². The van der Waals surface area contributed by atoms with Gasteiger partial charge in [-0.05, 0) is 49.9 Å². The van der Waals surface area contributed by atoms with Gasteiger partial charge in [-0.15, -0.1) is 0 Å². The van der Waals surface area contributed by atoms with Gasteiger partial charge in [0.05, 0.1) is 19.1 Å². The number of carbonyl (C=O) groups excluding carboxylic acids is 1. The molecule has 8 nitrogen and oxygen atoms in total. The van der Waals surface area contributed by atoms with Crippen LogP contribution < -0.4 is 19.1 Å². The van der Waals surface area contributed by atoms with Crippen LogP contribution in [0.1, 0.15) is 25.0 Å². The molecule has 0 unspecified atom stereocenters. The van der Waals surface area contributed by atoms with E-state index in [-0.39, 0.29) is 43.8 Å². The number of anilines is 1. The summed E-state index contributed by atoms with van der Waals surface area (Å²) in [5.41, 5.74) is 3.02. The van der Waals surface area contributed by atoms with Crippen LogP contribution in [-0.2, 0) is 17.8 Å². The van der Waals surface area contributed by atoms with Crippen LogP contribution in [0, 0.1) is 5.92 Å². The number of hydrogen-bond donors (Lipinski definition) is 1. The van der Waals surface area contributed by atoms with E-state index in [1.807, 2.05) is 56.3 Å². The monoisotopic (exact) mass is 483 g/mol. The molecule has 35 heavy (non-hydrogen) atoms. The fraction of sp³-hybridized carbons (Fsp3) is 0.519. The molecule has 2 heterocycles. The molecule has 0 radical (unpaired) electrons. The van der Waals surface area contributed by atoms with Gasteiger partial charge in [0.2, 0.25) is 12.7 Å². The molecule has 0 saturated carbocycles. The van der Waals surface area contributed by atoms with Crippen LogP contribution >= 0.6 is 0 Å². The lowest BCUT2D eigenvalue weighted by atomic mass is 10.0. The molecule has 4 rings (SSSR count). The largest absolute Gasteiger partial charge is 0.488 e. The van der Waals surface area contributed by atoms with Gasteiger partial charge in [0.1, 0.15) is 11.9 Å². The van der Waals surface area contributed by atoms with Crippen LogP contribution in [0.5, 0.6) is 17.2 Å². The Balaban J connectivity index is 1.57. The highest BCUT2D eigenvalue weighted by Gasteiger charge is 2.31. The number of ether oxygens (including phenoxy) is 3. The number of carbonyl (C=O) groups is 1. The van der Waals surface area contributed by atoms with Crippen molar-refractivity contribution in [1.82, 2.24) is 9.80 Å². The maximum atomic E-state index is 13.3. The number of hydrogen-bond acceptors (Lipinski definition) is 7. The van der Waals surface area contributed by atoms with Crippen molar-refractivity contribution in [3.8, 4) is 17.2 Å². The Hall–Kier alpha value is -2.97. The lowest BCUT2D eigenvalue weighted by Crippen LogP contribution is -2.47. The van der Waals surface area contributed by atoms with Crippen LogP contribution in [-0.4, -0.2) is 80.6 Å². The number of aliphatic hydroxyl groups excluding tert-OH is 1. The number of rotatable bonds is 7.